The van der Waals surface area contributed by atoms with Crippen molar-refractivity contribution in [3.8, 4) is 0 Å². The summed E-state index contributed by atoms with van der Waals surface area (Å²) in [5.41, 5.74) is 0. The lowest BCUT2D eigenvalue weighted by Gasteiger charge is -2.21. The van der Waals surface area contributed by atoms with E-state index in [-0.39, 0.29) is 5.91 Å². The van der Waals surface area contributed by atoms with E-state index < -0.39 is 5.91 Å². The summed E-state index contributed by atoms with van der Waals surface area (Å²) >= 11 is 0. The fraction of sp³-hybridized carbons (Fsp3) is 0.867. The third kappa shape index (κ3) is 8.62. The Morgan fingerprint density at radius 2 is 1.58 bits per heavy atom. The first kappa shape index (κ1) is 17.9. The molecule has 4 nitrogen and oxygen atoms in total. The Hall–Kier alpha value is -1.06. The first-order chi connectivity index (χ1) is 9.02. The summed E-state index contributed by atoms with van der Waals surface area (Å²) in [6, 6.07) is 0. The van der Waals surface area contributed by atoms with Crippen LogP contribution in [0.4, 0.5) is 0 Å². The molecule has 0 radical (unpaired) electrons. The molecule has 0 bridgehead atoms. The number of unbranched alkanes of at least 4 members (excludes halogenated alkanes) is 2. The highest BCUT2D eigenvalue weighted by atomic mass is 16.2. The van der Waals surface area contributed by atoms with Gasteiger partial charge in [0.1, 0.15) is 0 Å². The Bertz CT molecular complexity index is 257. The molecule has 0 aromatic heterocycles. The topological polar surface area (TPSA) is 49.4 Å². The number of nitrogens with one attached hydrogen (secondary N) is 1. The van der Waals surface area contributed by atoms with Crippen LogP contribution in [-0.4, -0.2) is 36.3 Å². The Kier molecular flexibility index (Phi) is 10.2. The van der Waals surface area contributed by atoms with Crippen LogP contribution in [0.2, 0.25) is 0 Å². The molecule has 0 heterocycles. The normalized spacial score (nSPS) is 10.6. The highest BCUT2D eigenvalue weighted by Gasteiger charge is 2.20. The third-order valence-electron chi connectivity index (χ3n) is 3.05. The van der Waals surface area contributed by atoms with Crippen LogP contribution in [0.25, 0.3) is 0 Å². The van der Waals surface area contributed by atoms with Gasteiger partial charge in [-0.3, -0.25) is 9.59 Å². The molecule has 0 aromatic carbocycles. The second-order valence-corrected chi connectivity index (χ2v) is 5.44. The van der Waals surface area contributed by atoms with E-state index in [4.69, 9.17) is 0 Å². The van der Waals surface area contributed by atoms with Gasteiger partial charge in [-0.25, -0.2) is 0 Å². The second-order valence-electron chi connectivity index (χ2n) is 5.44. The predicted molar refractivity (Wildman–Crippen MR) is 78.9 cm³/mol. The maximum atomic E-state index is 12.0. The number of nitrogens with zero attached hydrogens (tertiary/aromatic N) is 1. The van der Waals surface area contributed by atoms with Crippen molar-refractivity contribution < 1.29 is 9.59 Å². The number of rotatable bonds is 9. The molecule has 0 aromatic rings. The van der Waals surface area contributed by atoms with Crippen molar-refractivity contribution in [1.82, 2.24) is 10.2 Å². The van der Waals surface area contributed by atoms with Crippen LogP contribution in [-0.2, 0) is 9.59 Å². The SMILES string of the molecule is CCCCN(CCCC)C(=O)C(=O)NCCC(C)C. The highest BCUT2D eigenvalue weighted by molar-refractivity contribution is 6.34. The summed E-state index contributed by atoms with van der Waals surface area (Å²) in [5, 5.41) is 2.72. The second kappa shape index (κ2) is 10.8. The Morgan fingerprint density at radius 3 is 2.00 bits per heavy atom. The van der Waals surface area contributed by atoms with Crippen molar-refractivity contribution in [3.05, 3.63) is 0 Å². The van der Waals surface area contributed by atoms with E-state index in [1.165, 1.54) is 0 Å². The Labute approximate surface area is 117 Å². The molecular weight excluding hydrogens is 240 g/mol. The van der Waals surface area contributed by atoms with E-state index in [1.807, 2.05) is 0 Å². The zero-order valence-electron chi connectivity index (χ0n) is 13.0. The minimum atomic E-state index is -0.451. The first-order valence-corrected chi connectivity index (χ1v) is 7.60. The van der Waals surface area contributed by atoms with E-state index >= 15 is 0 Å². The molecule has 0 aliphatic carbocycles. The number of hydrogen-bond acceptors (Lipinski definition) is 2. The van der Waals surface area contributed by atoms with Gasteiger partial charge in [-0.05, 0) is 25.2 Å². The summed E-state index contributed by atoms with van der Waals surface area (Å²) in [6.45, 7) is 10.3. The van der Waals surface area contributed by atoms with Crippen LogP contribution in [0, 0.1) is 5.92 Å². The van der Waals surface area contributed by atoms with E-state index in [0.29, 0.717) is 25.6 Å². The predicted octanol–water partition coefficient (Wildman–Crippen LogP) is 2.58. The van der Waals surface area contributed by atoms with Crippen LogP contribution in [0.15, 0.2) is 0 Å². The van der Waals surface area contributed by atoms with Crippen LogP contribution in [0.5, 0.6) is 0 Å². The Morgan fingerprint density at radius 1 is 1.05 bits per heavy atom. The quantitative estimate of drug-likeness (QED) is 0.655. The maximum absolute atomic E-state index is 12.0. The molecule has 0 aliphatic heterocycles. The fourth-order valence-electron chi connectivity index (χ4n) is 1.71. The van der Waals surface area contributed by atoms with Gasteiger partial charge in [0.2, 0.25) is 0 Å². The van der Waals surface area contributed by atoms with Crippen LogP contribution >= 0.6 is 0 Å². The van der Waals surface area contributed by atoms with Gasteiger partial charge in [0.25, 0.3) is 0 Å². The van der Waals surface area contributed by atoms with Crippen LogP contribution in [0.1, 0.15) is 59.8 Å². The van der Waals surface area contributed by atoms with Gasteiger partial charge >= 0.3 is 11.8 Å². The van der Waals surface area contributed by atoms with Gasteiger partial charge in [0.15, 0.2) is 0 Å². The molecule has 0 spiro atoms. The molecule has 0 unspecified atom stereocenters. The molecule has 0 saturated carbocycles. The van der Waals surface area contributed by atoms with Gasteiger partial charge in [-0.2, -0.15) is 0 Å². The van der Waals surface area contributed by atoms with Crippen molar-refractivity contribution in [2.45, 2.75) is 59.8 Å². The van der Waals surface area contributed by atoms with Crippen LogP contribution in [0.3, 0.4) is 0 Å². The van der Waals surface area contributed by atoms with E-state index in [0.717, 1.165) is 32.1 Å². The number of amides is 2. The lowest BCUT2D eigenvalue weighted by atomic mass is 10.1. The minimum absolute atomic E-state index is 0.370. The van der Waals surface area contributed by atoms with Gasteiger partial charge in [-0.15, -0.1) is 0 Å². The van der Waals surface area contributed by atoms with Crippen molar-refractivity contribution in [1.29, 1.82) is 0 Å². The lowest BCUT2D eigenvalue weighted by molar-refractivity contribution is -0.146. The zero-order chi connectivity index (χ0) is 14.7. The molecule has 112 valence electrons. The summed E-state index contributed by atoms with van der Waals surface area (Å²) in [4.78, 5) is 25.5. The number of carbonyl (C=O) groups excluding carboxylic acids is 2. The van der Waals surface area contributed by atoms with E-state index in [2.05, 4.69) is 33.0 Å². The van der Waals surface area contributed by atoms with Crippen molar-refractivity contribution in [2.24, 2.45) is 5.92 Å². The molecule has 0 rings (SSSR count). The molecule has 2 amide bonds. The molecule has 19 heavy (non-hydrogen) atoms. The smallest absolute Gasteiger partial charge is 0.311 e. The molecule has 0 saturated heterocycles. The maximum Gasteiger partial charge on any atom is 0.311 e. The lowest BCUT2D eigenvalue weighted by Crippen LogP contribution is -2.44. The average Bonchev–Trinajstić information content (AvgIpc) is 2.37. The van der Waals surface area contributed by atoms with E-state index in [1.54, 1.807) is 4.90 Å². The zero-order valence-corrected chi connectivity index (χ0v) is 13.0. The average molecular weight is 270 g/mol. The van der Waals surface area contributed by atoms with E-state index in [9.17, 15) is 9.59 Å². The highest BCUT2D eigenvalue weighted by Crippen LogP contribution is 2.01. The molecule has 4 heteroatoms. The molecule has 1 N–H and O–H groups in total. The standard InChI is InChI=1S/C15H30N2O2/c1-5-7-11-17(12-8-6-2)15(19)14(18)16-10-9-13(3)4/h13H,5-12H2,1-4H3,(H,16,18). The Balaban J connectivity index is 4.21. The van der Waals surface area contributed by atoms with Gasteiger partial charge in [0, 0.05) is 19.6 Å². The summed E-state index contributed by atoms with van der Waals surface area (Å²) in [6.07, 6.45) is 4.88. The monoisotopic (exact) mass is 270 g/mol. The van der Waals surface area contributed by atoms with Crippen molar-refractivity contribution in [3.63, 3.8) is 0 Å². The molecule has 0 fully saturated rings. The molecule has 0 atom stereocenters. The summed E-state index contributed by atoms with van der Waals surface area (Å²) < 4.78 is 0. The number of hydrogen-bond donors (Lipinski definition) is 1. The summed E-state index contributed by atoms with van der Waals surface area (Å²) in [5.74, 6) is -0.287. The van der Waals surface area contributed by atoms with Crippen LogP contribution < -0.4 is 5.32 Å². The first-order valence-electron chi connectivity index (χ1n) is 7.60. The van der Waals surface area contributed by atoms with Gasteiger partial charge in [-0.1, -0.05) is 40.5 Å². The fourth-order valence-corrected chi connectivity index (χ4v) is 1.71. The van der Waals surface area contributed by atoms with Gasteiger partial charge < -0.3 is 10.2 Å². The molecular formula is C15H30N2O2. The molecule has 0 aliphatic rings. The van der Waals surface area contributed by atoms with Crippen molar-refractivity contribution in [2.75, 3.05) is 19.6 Å². The third-order valence-corrected chi connectivity index (χ3v) is 3.05. The van der Waals surface area contributed by atoms with Gasteiger partial charge in [0.05, 0.1) is 0 Å². The van der Waals surface area contributed by atoms with Crippen molar-refractivity contribution >= 4 is 11.8 Å². The summed E-state index contributed by atoms with van der Waals surface area (Å²) in [7, 11) is 0. The minimum Gasteiger partial charge on any atom is -0.348 e. The largest absolute Gasteiger partial charge is 0.348 e. The number of carbonyl (C=O) groups is 2.